The molecule has 1 unspecified atom stereocenters. The summed E-state index contributed by atoms with van der Waals surface area (Å²) >= 11 is 0. The second-order valence-corrected chi connectivity index (χ2v) is 4.51. The molecular weight excluding hydrogens is 220 g/mol. The van der Waals surface area contributed by atoms with Gasteiger partial charge in [-0.15, -0.1) is 0 Å². The molecule has 0 fully saturated rings. The Bertz CT molecular complexity index is 230. The highest BCUT2D eigenvalue weighted by molar-refractivity contribution is 5.94. The van der Waals surface area contributed by atoms with Gasteiger partial charge >= 0.3 is 11.9 Å². The van der Waals surface area contributed by atoms with Crippen LogP contribution in [0.4, 0.5) is 0 Å². The molecule has 0 spiro atoms. The largest absolute Gasteiger partial charge is 0.465 e. The minimum atomic E-state index is -0.785. The zero-order valence-corrected chi connectivity index (χ0v) is 11.5. The third-order valence-corrected chi connectivity index (χ3v) is 2.89. The summed E-state index contributed by atoms with van der Waals surface area (Å²) in [6.45, 7) is 10.2. The molecule has 0 amide bonds. The minimum Gasteiger partial charge on any atom is -0.465 e. The van der Waals surface area contributed by atoms with Gasteiger partial charge in [-0.2, -0.15) is 0 Å². The third-order valence-electron chi connectivity index (χ3n) is 2.89. The molecule has 0 aliphatic heterocycles. The zero-order chi connectivity index (χ0) is 13.4. The number of carbonyl (C=O) groups excluding carboxylic acids is 2. The Balaban J connectivity index is 4.61. The minimum absolute atomic E-state index is 0.272. The smallest absolute Gasteiger partial charge is 0.320 e. The number of carbonyl (C=O) groups is 2. The molecule has 0 radical (unpaired) electrons. The first-order valence-corrected chi connectivity index (χ1v) is 6.27. The van der Waals surface area contributed by atoms with Gasteiger partial charge in [0.15, 0.2) is 5.92 Å². The van der Waals surface area contributed by atoms with Gasteiger partial charge < -0.3 is 9.47 Å². The Morgan fingerprint density at radius 2 is 1.35 bits per heavy atom. The number of rotatable bonds is 7. The summed E-state index contributed by atoms with van der Waals surface area (Å²) in [7, 11) is 0. The molecule has 0 aliphatic rings. The maximum absolute atomic E-state index is 11.7. The van der Waals surface area contributed by atoms with E-state index in [0.717, 1.165) is 0 Å². The molecule has 0 aliphatic carbocycles. The third kappa shape index (κ3) is 5.71. The van der Waals surface area contributed by atoms with Crippen molar-refractivity contribution in [2.75, 3.05) is 13.2 Å². The van der Waals surface area contributed by atoms with Crippen LogP contribution in [0.15, 0.2) is 0 Å². The van der Waals surface area contributed by atoms with Crippen LogP contribution in [0.3, 0.4) is 0 Å². The van der Waals surface area contributed by atoms with Crippen molar-refractivity contribution in [3.8, 4) is 0 Å². The van der Waals surface area contributed by atoms with Gasteiger partial charge in [-0.05, 0) is 32.1 Å². The van der Waals surface area contributed by atoms with Crippen LogP contribution in [0.1, 0.15) is 41.0 Å². The first-order valence-electron chi connectivity index (χ1n) is 6.27. The quantitative estimate of drug-likeness (QED) is 0.510. The van der Waals surface area contributed by atoms with Gasteiger partial charge in [-0.1, -0.05) is 20.8 Å². The Labute approximate surface area is 104 Å². The molecule has 0 rings (SSSR count). The first-order chi connectivity index (χ1) is 7.93. The van der Waals surface area contributed by atoms with E-state index in [0.29, 0.717) is 12.3 Å². The first kappa shape index (κ1) is 15.9. The Morgan fingerprint density at radius 3 is 1.65 bits per heavy atom. The van der Waals surface area contributed by atoms with E-state index in [2.05, 4.69) is 13.8 Å². The van der Waals surface area contributed by atoms with Crippen molar-refractivity contribution in [1.29, 1.82) is 0 Å². The fraction of sp³-hybridized carbons (Fsp3) is 0.846. The molecule has 0 saturated carbocycles. The van der Waals surface area contributed by atoms with E-state index in [1.807, 2.05) is 6.92 Å². The van der Waals surface area contributed by atoms with Gasteiger partial charge in [-0.3, -0.25) is 9.59 Å². The molecule has 0 aromatic rings. The van der Waals surface area contributed by atoms with Crippen LogP contribution in [0.5, 0.6) is 0 Å². The van der Waals surface area contributed by atoms with Gasteiger partial charge in [0, 0.05) is 0 Å². The Kier molecular flexibility index (Phi) is 7.59. The van der Waals surface area contributed by atoms with E-state index in [1.54, 1.807) is 13.8 Å². The lowest BCUT2D eigenvalue weighted by Gasteiger charge is -2.20. The second kappa shape index (κ2) is 8.09. The molecular formula is C13H24O4. The Hall–Kier alpha value is -1.06. The highest BCUT2D eigenvalue weighted by atomic mass is 16.6. The van der Waals surface area contributed by atoms with E-state index in [1.165, 1.54) is 0 Å². The number of hydrogen-bond donors (Lipinski definition) is 0. The van der Waals surface area contributed by atoms with Crippen LogP contribution in [0.2, 0.25) is 0 Å². The van der Waals surface area contributed by atoms with Crippen molar-refractivity contribution in [1.82, 2.24) is 0 Å². The van der Waals surface area contributed by atoms with Crippen molar-refractivity contribution in [3.63, 3.8) is 0 Å². The van der Waals surface area contributed by atoms with Crippen LogP contribution in [0, 0.1) is 17.8 Å². The van der Waals surface area contributed by atoms with Crippen LogP contribution in [0.25, 0.3) is 0 Å². The second-order valence-electron chi connectivity index (χ2n) is 4.51. The van der Waals surface area contributed by atoms with Crippen LogP contribution in [-0.2, 0) is 19.1 Å². The molecule has 0 bridgehead atoms. The molecule has 0 aromatic carbocycles. The van der Waals surface area contributed by atoms with Crippen molar-refractivity contribution >= 4 is 11.9 Å². The molecule has 0 N–H and O–H groups in total. The lowest BCUT2D eigenvalue weighted by atomic mass is 9.88. The molecule has 1 atom stereocenters. The van der Waals surface area contributed by atoms with E-state index in [9.17, 15) is 9.59 Å². The van der Waals surface area contributed by atoms with E-state index in [-0.39, 0.29) is 19.1 Å². The van der Waals surface area contributed by atoms with Crippen LogP contribution < -0.4 is 0 Å². The van der Waals surface area contributed by atoms with Crippen LogP contribution >= 0.6 is 0 Å². The lowest BCUT2D eigenvalue weighted by Crippen LogP contribution is -2.30. The zero-order valence-electron chi connectivity index (χ0n) is 11.5. The fourth-order valence-corrected chi connectivity index (χ4v) is 1.42. The summed E-state index contributed by atoms with van der Waals surface area (Å²) in [6, 6.07) is 0. The predicted octanol–water partition coefficient (Wildman–Crippen LogP) is 2.41. The monoisotopic (exact) mass is 244 g/mol. The predicted molar refractivity (Wildman–Crippen MR) is 65.4 cm³/mol. The maximum atomic E-state index is 11.7. The highest BCUT2D eigenvalue weighted by Gasteiger charge is 2.31. The number of esters is 2. The average molecular weight is 244 g/mol. The Morgan fingerprint density at radius 1 is 0.941 bits per heavy atom. The summed E-state index contributed by atoms with van der Waals surface area (Å²) in [4.78, 5) is 23.4. The SMILES string of the molecule is CCOC(=O)C(CC(C)C(C)C)C(=O)OCC. The topological polar surface area (TPSA) is 52.6 Å². The summed E-state index contributed by atoms with van der Waals surface area (Å²) in [5.41, 5.74) is 0. The van der Waals surface area contributed by atoms with Crippen molar-refractivity contribution in [3.05, 3.63) is 0 Å². The number of ether oxygens (including phenoxy) is 2. The summed E-state index contributed by atoms with van der Waals surface area (Å²) in [5.74, 6) is -1.04. The summed E-state index contributed by atoms with van der Waals surface area (Å²) < 4.78 is 9.82. The normalized spacial score (nSPS) is 12.6. The fourth-order valence-electron chi connectivity index (χ4n) is 1.42. The van der Waals surface area contributed by atoms with E-state index < -0.39 is 17.9 Å². The van der Waals surface area contributed by atoms with Crippen molar-refractivity contribution in [2.45, 2.75) is 41.0 Å². The molecule has 4 nitrogen and oxygen atoms in total. The van der Waals surface area contributed by atoms with Crippen LogP contribution in [-0.4, -0.2) is 25.2 Å². The molecule has 4 heteroatoms. The highest BCUT2D eigenvalue weighted by Crippen LogP contribution is 2.22. The van der Waals surface area contributed by atoms with Gasteiger partial charge in [-0.25, -0.2) is 0 Å². The van der Waals surface area contributed by atoms with Gasteiger partial charge in [0.1, 0.15) is 0 Å². The van der Waals surface area contributed by atoms with Gasteiger partial charge in [0.05, 0.1) is 13.2 Å². The number of hydrogen-bond acceptors (Lipinski definition) is 4. The van der Waals surface area contributed by atoms with E-state index in [4.69, 9.17) is 9.47 Å². The van der Waals surface area contributed by atoms with Crippen molar-refractivity contribution < 1.29 is 19.1 Å². The van der Waals surface area contributed by atoms with Gasteiger partial charge in [0.25, 0.3) is 0 Å². The molecule has 0 aromatic heterocycles. The van der Waals surface area contributed by atoms with E-state index >= 15 is 0 Å². The van der Waals surface area contributed by atoms with Crippen molar-refractivity contribution in [2.24, 2.45) is 17.8 Å². The maximum Gasteiger partial charge on any atom is 0.320 e. The average Bonchev–Trinajstić information content (AvgIpc) is 2.25. The summed E-state index contributed by atoms with van der Waals surface area (Å²) in [6.07, 6.45) is 0.481. The standard InChI is InChI=1S/C13H24O4/c1-6-16-12(14)11(13(15)17-7-2)8-10(5)9(3)4/h9-11H,6-8H2,1-5H3. The van der Waals surface area contributed by atoms with Gasteiger partial charge in [0.2, 0.25) is 0 Å². The molecule has 0 saturated heterocycles. The molecule has 17 heavy (non-hydrogen) atoms. The molecule has 100 valence electrons. The lowest BCUT2D eigenvalue weighted by molar-refractivity contribution is -0.162. The summed E-state index contributed by atoms with van der Waals surface area (Å²) in [5, 5.41) is 0. The molecule has 0 heterocycles.